The number of rotatable bonds is 5. The van der Waals surface area contributed by atoms with Gasteiger partial charge in [0, 0.05) is 13.2 Å². The zero-order valence-corrected chi connectivity index (χ0v) is 14.7. The number of anilines is 1. The van der Waals surface area contributed by atoms with Gasteiger partial charge in [-0.2, -0.15) is 20.6 Å². The second-order valence-electron chi connectivity index (χ2n) is 5.75. The summed E-state index contributed by atoms with van der Waals surface area (Å²) < 4.78 is 4.26. The predicted molar refractivity (Wildman–Crippen MR) is 91.9 cm³/mol. The SMILES string of the molecule is Cc1nn(Cn2ccc(C(=O)Nc3c(C#N)cnn3C)n2)c(C)c1[N+](=O)[O-]. The number of carbonyl (C=O) groups excluding carboxylic acids is 1. The molecule has 3 rings (SSSR count). The highest BCUT2D eigenvalue weighted by atomic mass is 16.6. The summed E-state index contributed by atoms with van der Waals surface area (Å²) in [6.07, 6.45) is 2.91. The van der Waals surface area contributed by atoms with Crippen molar-refractivity contribution in [3.05, 3.63) is 51.2 Å². The summed E-state index contributed by atoms with van der Waals surface area (Å²) >= 11 is 0. The molecule has 0 fully saturated rings. The highest BCUT2D eigenvalue weighted by Crippen LogP contribution is 2.21. The van der Waals surface area contributed by atoms with Crippen LogP contribution in [0.2, 0.25) is 0 Å². The fraction of sp³-hybridized carbons (Fsp3) is 0.267. The average molecular weight is 369 g/mol. The lowest BCUT2D eigenvalue weighted by atomic mass is 10.3. The first kappa shape index (κ1) is 17.8. The van der Waals surface area contributed by atoms with Crippen LogP contribution in [-0.2, 0) is 13.7 Å². The molecule has 3 heterocycles. The maximum atomic E-state index is 12.4. The highest BCUT2D eigenvalue weighted by Gasteiger charge is 2.22. The Kier molecular flexibility index (Phi) is 4.43. The second kappa shape index (κ2) is 6.71. The standard InChI is InChI=1S/C15H15N9O3/c1-9-13(24(26)27)10(2)23(19-9)8-22-5-4-12(20-22)15(25)18-14-11(6-16)7-17-21(14)3/h4-5,7H,8H2,1-3H3,(H,18,25). The molecule has 1 N–H and O–H groups in total. The molecule has 0 aliphatic rings. The van der Waals surface area contributed by atoms with Crippen LogP contribution in [-0.4, -0.2) is 40.2 Å². The number of carbonyl (C=O) groups is 1. The lowest BCUT2D eigenvalue weighted by Crippen LogP contribution is -2.17. The molecule has 12 nitrogen and oxygen atoms in total. The van der Waals surface area contributed by atoms with E-state index in [1.807, 2.05) is 6.07 Å². The van der Waals surface area contributed by atoms with Crippen LogP contribution in [0.4, 0.5) is 11.5 Å². The van der Waals surface area contributed by atoms with Crippen LogP contribution in [0.15, 0.2) is 18.5 Å². The van der Waals surface area contributed by atoms with Crippen LogP contribution in [0, 0.1) is 35.3 Å². The summed E-state index contributed by atoms with van der Waals surface area (Å²) in [5.74, 6) is -0.237. The molecule has 0 aromatic carbocycles. The van der Waals surface area contributed by atoms with Crippen molar-refractivity contribution < 1.29 is 9.72 Å². The Morgan fingerprint density at radius 2 is 2.15 bits per heavy atom. The molecule has 0 aliphatic heterocycles. The Hall–Kier alpha value is -4.01. The molecule has 3 aromatic heterocycles. The number of nitro groups is 1. The highest BCUT2D eigenvalue weighted by molar-refractivity contribution is 6.02. The van der Waals surface area contributed by atoms with Gasteiger partial charge in [-0.1, -0.05) is 0 Å². The van der Waals surface area contributed by atoms with Gasteiger partial charge in [0.1, 0.15) is 35.5 Å². The Labute approximate surface area is 152 Å². The molecule has 27 heavy (non-hydrogen) atoms. The summed E-state index contributed by atoms with van der Waals surface area (Å²) in [4.78, 5) is 23.0. The average Bonchev–Trinajstić information content (AvgIpc) is 3.28. The second-order valence-corrected chi connectivity index (χ2v) is 5.75. The zero-order chi connectivity index (χ0) is 19.7. The first-order chi connectivity index (χ1) is 12.8. The minimum absolute atomic E-state index is 0.0413. The van der Waals surface area contributed by atoms with Gasteiger partial charge in [-0.05, 0) is 19.9 Å². The largest absolute Gasteiger partial charge is 0.312 e. The molecular formula is C15H15N9O3. The van der Waals surface area contributed by atoms with E-state index in [0.29, 0.717) is 11.4 Å². The number of amides is 1. The van der Waals surface area contributed by atoms with E-state index in [4.69, 9.17) is 5.26 Å². The van der Waals surface area contributed by atoms with Gasteiger partial charge < -0.3 is 5.32 Å². The maximum absolute atomic E-state index is 12.4. The normalized spacial score (nSPS) is 10.6. The molecule has 1 amide bonds. The Morgan fingerprint density at radius 1 is 1.41 bits per heavy atom. The molecule has 12 heteroatoms. The van der Waals surface area contributed by atoms with E-state index in [1.54, 1.807) is 27.1 Å². The molecule has 0 saturated carbocycles. The summed E-state index contributed by atoms with van der Waals surface area (Å²) in [7, 11) is 1.60. The number of aryl methyl sites for hydroxylation is 2. The van der Waals surface area contributed by atoms with Gasteiger partial charge in [-0.25, -0.2) is 4.68 Å². The summed E-state index contributed by atoms with van der Waals surface area (Å²) in [5.41, 5.74) is 1.02. The molecule has 0 unspecified atom stereocenters. The van der Waals surface area contributed by atoms with Gasteiger partial charge in [0.2, 0.25) is 0 Å². The minimum atomic E-state index is -0.506. The van der Waals surface area contributed by atoms with E-state index < -0.39 is 10.8 Å². The molecule has 3 aromatic rings. The summed E-state index contributed by atoms with van der Waals surface area (Å²) in [5, 5.41) is 34.9. The number of hydrogen-bond acceptors (Lipinski definition) is 7. The van der Waals surface area contributed by atoms with Crippen LogP contribution in [0.3, 0.4) is 0 Å². The number of nitrogens with one attached hydrogen (secondary N) is 1. The Morgan fingerprint density at radius 3 is 2.78 bits per heavy atom. The van der Waals surface area contributed by atoms with Gasteiger partial charge in [0.15, 0.2) is 5.69 Å². The van der Waals surface area contributed by atoms with Crippen LogP contribution < -0.4 is 5.32 Å². The van der Waals surface area contributed by atoms with Crippen LogP contribution in [0.25, 0.3) is 0 Å². The van der Waals surface area contributed by atoms with Crippen molar-refractivity contribution in [1.29, 1.82) is 5.26 Å². The van der Waals surface area contributed by atoms with Crippen molar-refractivity contribution in [3.63, 3.8) is 0 Å². The topological polar surface area (TPSA) is 149 Å². The lowest BCUT2D eigenvalue weighted by molar-refractivity contribution is -0.386. The van der Waals surface area contributed by atoms with Crippen molar-refractivity contribution in [1.82, 2.24) is 29.3 Å². The third-order valence-corrected chi connectivity index (χ3v) is 3.97. The summed E-state index contributed by atoms with van der Waals surface area (Å²) in [6, 6.07) is 3.44. The molecule has 0 spiro atoms. The quantitative estimate of drug-likeness (QED) is 0.520. The number of nitriles is 1. The van der Waals surface area contributed by atoms with E-state index in [-0.39, 0.29) is 29.4 Å². The number of nitrogens with zero attached hydrogens (tertiary/aromatic N) is 8. The Balaban J connectivity index is 1.78. The fourth-order valence-corrected chi connectivity index (χ4v) is 2.63. The number of hydrogen-bond donors (Lipinski definition) is 1. The Bertz CT molecular complexity index is 1080. The molecule has 0 radical (unpaired) electrons. The van der Waals surface area contributed by atoms with Gasteiger partial charge in [0.05, 0.1) is 11.1 Å². The van der Waals surface area contributed by atoms with E-state index in [9.17, 15) is 14.9 Å². The zero-order valence-electron chi connectivity index (χ0n) is 14.7. The fourth-order valence-electron chi connectivity index (χ4n) is 2.63. The van der Waals surface area contributed by atoms with Gasteiger partial charge in [0.25, 0.3) is 5.91 Å². The third kappa shape index (κ3) is 3.25. The maximum Gasteiger partial charge on any atom is 0.312 e. The first-order valence-electron chi connectivity index (χ1n) is 7.77. The van der Waals surface area contributed by atoms with Crippen LogP contribution >= 0.6 is 0 Å². The molecule has 0 aliphatic carbocycles. The van der Waals surface area contributed by atoms with E-state index in [0.717, 1.165) is 0 Å². The van der Waals surface area contributed by atoms with Crippen molar-refractivity contribution in [3.8, 4) is 6.07 Å². The van der Waals surface area contributed by atoms with Gasteiger partial charge in [-0.3, -0.25) is 24.3 Å². The molecule has 0 saturated heterocycles. The smallest absolute Gasteiger partial charge is 0.304 e. The molecular weight excluding hydrogens is 354 g/mol. The van der Waals surface area contributed by atoms with E-state index in [1.165, 1.54) is 26.3 Å². The van der Waals surface area contributed by atoms with Crippen molar-refractivity contribution in [2.24, 2.45) is 7.05 Å². The molecule has 138 valence electrons. The van der Waals surface area contributed by atoms with Crippen LogP contribution in [0.1, 0.15) is 27.4 Å². The van der Waals surface area contributed by atoms with Crippen molar-refractivity contribution in [2.45, 2.75) is 20.5 Å². The monoisotopic (exact) mass is 369 g/mol. The summed E-state index contributed by atoms with van der Waals surface area (Å²) in [6.45, 7) is 3.27. The van der Waals surface area contributed by atoms with Crippen LogP contribution in [0.5, 0.6) is 0 Å². The lowest BCUT2D eigenvalue weighted by Gasteiger charge is -2.05. The van der Waals surface area contributed by atoms with Gasteiger partial charge in [-0.15, -0.1) is 0 Å². The van der Waals surface area contributed by atoms with E-state index in [2.05, 4.69) is 20.6 Å². The minimum Gasteiger partial charge on any atom is -0.304 e. The van der Waals surface area contributed by atoms with Crippen molar-refractivity contribution in [2.75, 3.05) is 5.32 Å². The number of aromatic nitrogens is 6. The first-order valence-corrected chi connectivity index (χ1v) is 7.77. The van der Waals surface area contributed by atoms with Crippen molar-refractivity contribution >= 4 is 17.4 Å². The molecule has 0 bridgehead atoms. The van der Waals surface area contributed by atoms with Gasteiger partial charge >= 0.3 is 5.69 Å². The van der Waals surface area contributed by atoms with E-state index >= 15 is 0 Å². The third-order valence-electron chi connectivity index (χ3n) is 3.97. The predicted octanol–water partition coefficient (Wildman–Crippen LogP) is 0.968. The molecule has 0 atom stereocenters.